The van der Waals surface area contributed by atoms with Crippen LogP contribution in [-0.4, -0.2) is 43.6 Å². The number of aromatic amines is 1. The number of rotatable bonds is 7. The fourth-order valence-electron chi connectivity index (χ4n) is 2.52. The second-order valence-corrected chi connectivity index (χ2v) is 5.64. The van der Waals surface area contributed by atoms with Gasteiger partial charge in [-0.3, -0.25) is 14.4 Å². The van der Waals surface area contributed by atoms with Crippen LogP contribution in [0.1, 0.15) is 16.1 Å². The SMILES string of the molecule is NC(=O)C(=O)C(Cc1ccccc1)NC(=O)c1[nH]cnc1-c1ncccn1. The number of imidazole rings is 1. The van der Waals surface area contributed by atoms with Gasteiger partial charge in [-0.05, 0) is 11.6 Å². The smallest absolute Gasteiger partial charge is 0.287 e. The first-order chi connectivity index (χ1) is 13.1. The Morgan fingerprint density at radius 2 is 1.74 bits per heavy atom. The van der Waals surface area contributed by atoms with E-state index in [0.29, 0.717) is 0 Å². The molecular weight excluding hydrogens is 348 g/mol. The van der Waals surface area contributed by atoms with Crippen LogP contribution in [0.3, 0.4) is 0 Å². The van der Waals surface area contributed by atoms with E-state index in [-0.39, 0.29) is 23.6 Å². The van der Waals surface area contributed by atoms with Gasteiger partial charge in [-0.25, -0.2) is 15.0 Å². The number of carbonyl (C=O) groups excluding carboxylic acids is 3. The Hall–Kier alpha value is -3.88. The first-order valence-corrected chi connectivity index (χ1v) is 8.05. The van der Waals surface area contributed by atoms with E-state index < -0.39 is 23.6 Å². The topological polar surface area (TPSA) is 144 Å². The molecule has 0 spiro atoms. The molecule has 0 radical (unpaired) electrons. The Morgan fingerprint density at radius 1 is 1.04 bits per heavy atom. The third-order valence-electron chi connectivity index (χ3n) is 3.79. The lowest BCUT2D eigenvalue weighted by Crippen LogP contribution is -2.47. The molecule has 0 aliphatic rings. The molecule has 0 saturated carbocycles. The van der Waals surface area contributed by atoms with E-state index in [1.54, 1.807) is 30.3 Å². The predicted octanol–water partition coefficient (Wildman–Crippen LogP) is 0.262. The van der Waals surface area contributed by atoms with Crippen molar-refractivity contribution >= 4 is 17.6 Å². The minimum atomic E-state index is -1.12. The molecule has 0 aliphatic carbocycles. The fraction of sp³-hybridized carbons (Fsp3) is 0.111. The van der Waals surface area contributed by atoms with Gasteiger partial charge in [0.05, 0.1) is 6.33 Å². The van der Waals surface area contributed by atoms with E-state index in [4.69, 9.17) is 5.73 Å². The maximum atomic E-state index is 12.7. The highest BCUT2D eigenvalue weighted by Gasteiger charge is 2.27. The van der Waals surface area contributed by atoms with Crippen LogP contribution in [0.25, 0.3) is 11.5 Å². The van der Waals surface area contributed by atoms with Gasteiger partial charge in [-0.15, -0.1) is 0 Å². The first-order valence-electron chi connectivity index (χ1n) is 8.05. The fourth-order valence-corrected chi connectivity index (χ4v) is 2.52. The Balaban J connectivity index is 1.84. The number of ketones is 1. The highest BCUT2D eigenvalue weighted by molar-refractivity contribution is 6.38. The third kappa shape index (κ3) is 4.21. The summed E-state index contributed by atoms with van der Waals surface area (Å²) in [4.78, 5) is 51.1. The van der Waals surface area contributed by atoms with E-state index in [2.05, 4.69) is 25.3 Å². The summed E-state index contributed by atoms with van der Waals surface area (Å²) in [6.07, 6.45) is 4.49. The number of amides is 2. The van der Waals surface area contributed by atoms with Gasteiger partial charge in [0, 0.05) is 18.8 Å². The zero-order chi connectivity index (χ0) is 19.2. The van der Waals surface area contributed by atoms with Crippen molar-refractivity contribution in [1.82, 2.24) is 25.3 Å². The van der Waals surface area contributed by atoms with E-state index in [9.17, 15) is 14.4 Å². The second kappa shape index (κ2) is 8.00. The van der Waals surface area contributed by atoms with Gasteiger partial charge < -0.3 is 16.0 Å². The number of nitrogens with two attached hydrogens (primary N) is 1. The summed E-state index contributed by atoms with van der Waals surface area (Å²) in [5.74, 6) is -2.37. The maximum absolute atomic E-state index is 12.7. The first kappa shape index (κ1) is 17.9. The lowest BCUT2D eigenvalue weighted by molar-refractivity contribution is -0.137. The number of nitrogens with one attached hydrogen (secondary N) is 2. The average molecular weight is 364 g/mol. The van der Waals surface area contributed by atoms with Gasteiger partial charge in [0.1, 0.15) is 17.4 Å². The highest BCUT2D eigenvalue weighted by atomic mass is 16.2. The van der Waals surface area contributed by atoms with Crippen LogP contribution < -0.4 is 11.1 Å². The summed E-state index contributed by atoms with van der Waals surface area (Å²) in [5.41, 5.74) is 6.21. The molecule has 1 unspecified atom stereocenters. The zero-order valence-corrected chi connectivity index (χ0v) is 14.1. The van der Waals surface area contributed by atoms with E-state index in [1.165, 1.54) is 18.7 Å². The molecule has 0 fully saturated rings. The van der Waals surface area contributed by atoms with Crippen molar-refractivity contribution in [3.05, 3.63) is 66.4 Å². The normalized spacial score (nSPS) is 11.6. The van der Waals surface area contributed by atoms with Crippen LogP contribution in [0.2, 0.25) is 0 Å². The van der Waals surface area contributed by atoms with Crippen LogP contribution in [0.5, 0.6) is 0 Å². The maximum Gasteiger partial charge on any atom is 0.287 e. The predicted molar refractivity (Wildman–Crippen MR) is 95.2 cm³/mol. The molecule has 4 N–H and O–H groups in total. The summed E-state index contributed by atoms with van der Waals surface area (Å²) in [6, 6.07) is 9.51. The molecule has 0 bridgehead atoms. The Kier molecular flexibility index (Phi) is 5.31. The van der Waals surface area contributed by atoms with Crippen molar-refractivity contribution in [3.8, 4) is 11.5 Å². The van der Waals surface area contributed by atoms with E-state index in [0.717, 1.165) is 5.56 Å². The van der Waals surface area contributed by atoms with Crippen molar-refractivity contribution in [2.45, 2.75) is 12.5 Å². The summed E-state index contributed by atoms with van der Waals surface area (Å²) < 4.78 is 0. The van der Waals surface area contributed by atoms with Crippen molar-refractivity contribution < 1.29 is 14.4 Å². The third-order valence-corrected chi connectivity index (χ3v) is 3.79. The van der Waals surface area contributed by atoms with E-state index in [1.807, 2.05) is 6.07 Å². The van der Waals surface area contributed by atoms with Crippen LogP contribution >= 0.6 is 0 Å². The number of aromatic nitrogens is 4. The standard InChI is InChI=1S/C18H16N6O3/c19-16(26)15(25)12(9-11-5-2-1-3-6-11)24-18(27)14-13(22-10-23-14)17-20-7-4-8-21-17/h1-8,10,12H,9H2,(H2,19,26)(H,22,23)(H,24,27). The quantitative estimate of drug-likeness (QED) is 0.513. The largest absolute Gasteiger partial charge is 0.363 e. The molecule has 2 aromatic heterocycles. The molecule has 0 aliphatic heterocycles. The summed E-state index contributed by atoms with van der Waals surface area (Å²) in [6.45, 7) is 0. The molecule has 2 amide bonds. The minimum Gasteiger partial charge on any atom is -0.363 e. The van der Waals surface area contributed by atoms with Gasteiger partial charge in [-0.1, -0.05) is 30.3 Å². The van der Waals surface area contributed by atoms with Gasteiger partial charge in [0.15, 0.2) is 5.82 Å². The number of H-pyrrole nitrogens is 1. The molecule has 3 rings (SSSR count). The molecule has 9 nitrogen and oxygen atoms in total. The Morgan fingerprint density at radius 3 is 2.41 bits per heavy atom. The molecule has 0 saturated heterocycles. The van der Waals surface area contributed by atoms with Crippen molar-refractivity contribution in [2.24, 2.45) is 5.73 Å². The van der Waals surface area contributed by atoms with Gasteiger partial charge in [-0.2, -0.15) is 0 Å². The van der Waals surface area contributed by atoms with Crippen molar-refractivity contribution in [2.75, 3.05) is 0 Å². The van der Waals surface area contributed by atoms with Crippen molar-refractivity contribution in [3.63, 3.8) is 0 Å². The van der Waals surface area contributed by atoms with E-state index >= 15 is 0 Å². The molecule has 2 heterocycles. The number of hydrogen-bond acceptors (Lipinski definition) is 6. The number of primary amides is 1. The van der Waals surface area contributed by atoms with Crippen LogP contribution in [0.4, 0.5) is 0 Å². The highest BCUT2D eigenvalue weighted by Crippen LogP contribution is 2.15. The number of benzene rings is 1. The molecule has 27 heavy (non-hydrogen) atoms. The monoisotopic (exact) mass is 364 g/mol. The molecule has 3 aromatic rings. The Bertz CT molecular complexity index is 955. The van der Waals surface area contributed by atoms with Crippen LogP contribution in [-0.2, 0) is 16.0 Å². The minimum absolute atomic E-state index is 0.0801. The molecule has 1 aromatic carbocycles. The van der Waals surface area contributed by atoms with Gasteiger partial charge in [0.2, 0.25) is 5.78 Å². The van der Waals surface area contributed by atoms with Gasteiger partial charge in [0.25, 0.3) is 11.8 Å². The van der Waals surface area contributed by atoms with Crippen molar-refractivity contribution in [1.29, 1.82) is 0 Å². The summed E-state index contributed by atoms with van der Waals surface area (Å²) >= 11 is 0. The summed E-state index contributed by atoms with van der Waals surface area (Å²) in [7, 11) is 0. The summed E-state index contributed by atoms with van der Waals surface area (Å²) in [5, 5.41) is 2.54. The van der Waals surface area contributed by atoms with Gasteiger partial charge >= 0.3 is 0 Å². The molecule has 1 atom stereocenters. The van der Waals surface area contributed by atoms with Crippen LogP contribution in [0, 0.1) is 0 Å². The number of carbonyl (C=O) groups is 3. The average Bonchev–Trinajstić information content (AvgIpc) is 3.18. The molecule has 9 heteroatoms. The Labute approximate surface area is 154 Å². The number of nitrogens with zero attached hydrogens (tertiary/aromatic N) is 3. The molecular formula is C18H16N6O3. The second-order valence-electron chi connectivity index (χ2n) is 5.64. The lowest BCUT2D eigenvalue weighted by atomic mass is 10.0. The number of Topliss-reactive ketones (excluding diaryl/α,β-unsaturated/α-hetero) is 1. The molecule has 136 valence electrons. The lowest BCUT2D eigenvalue weighted by Gasteiger charge is -2.16. The zero-order valence-electron chi connectivity index (χ0n) is 14.1. The number of hydrogen-bond donors (Lipinski definition) is 3. The van der Waals surface area contributed by atoms with Crippen LogP contribution in [0.15, 0.2) is 55.1 Å².